The van der Waals surface area contributed by atoms with Gasteiger partial charge < -0.3 is 0 Å². The van der Waals surface area contributed by atoms with Gasteiger partial charge in [-0.3, -0.25) is 0 Å². The quantitative estimate of drug-likeness (QED) is 0.506. The van der Waals surface area contributed by atoms with Crippen LogP contribution in [0.5, 0.6) is 0 Å². The highest BCUT2D eigenvalue weighted by atomic mass is 14.2. The van der Waals surface area contributed by atoms with Gasteiger partial charge in [-0.1, -0.05) is 75.4 Å². The van der Waals surface area contributed by atoms with Gasteiger partial charge in [-0.05, 0) is 22.1 Å². The molecule has 0 saturated carbocycles. The Labute approximate surface area is 97.9 Å². The summed E-state index contributed by atoms with van der Waals surface area (Å²) in [6.45, 7) is 6.67. The molecular weight excluding hydrogens is 192 g/mol. The van der Waals surface area contributed by atoms with E-state index in [2.05, 4.69) is 75.4 Å². The second-order valence-electron chi connectivity index (χ2n) is 5.19. The molecule has 0 atom stereocenters. The zero-order valence-electron chi connectivity index (χ0n) is 10.2. The van der Waals surface area contributed by atoms with Gasteiger partial charge in [-0.2, -0.15) is 0 Å². The molecule has 2 aliphatic carbocycles. The van der Waals surface area contributed by atoms with E-state index in [9.17, 15) is 0 Å². The standard InChI is InChI=1S/C10H14.C6H4/c1-10(2,3)9-7-5-4-6-8-9;1-2-6-4-3-5(1)6/h4-8H,1-3H3;1-4H. The SMILES string of the molecule is CC(C)(C)c1ccccc1.c1cc2ccc1-2. The summed E-state index contributed by atoms with van der Waals surface area (Å²) in [4.78, 5) is 0. The molecule has 0 nitrogen and oxygen atoms in total. The van der Waals surface area contributed by atoms with Crippen LogP contribution in [0.4, 0.5) is 0 Å². The monoisotopic (exact) mass is 210 g/mol. The van der Waals surface area contributed by atoms with E-state index in [1.807, 2.05) is 0 Å². The molecule has 0 aliphatic heterocycles. The molecule has 1 aromatic rings. The predicted octanol–water partition coefficient (Wildman–Crippen LogP) is 4.65. The molecule has 0 heteroatoms. The van der Waals surface area contributed by atoms with Crippen molar-refractivity contribution in [2.75, 3.05) is 0 Å². The number of benzene rings is 2. The van der Waals surface area contributed by atoms with E-state index < -0.39 is 0 Å². The van der Waals surface area contributed by atoms with Crippen LogP contribution in [0.3, 0.4) is 0 Å². The van der Waals surface area contributed by atoms with E-state index in [4.69, 9.17) is 0 Å². The summed E-state index contributed by atoms with van der Waals surface area (Å²) in [6.07, 6.45) is 0. The molecule has 0 heterocycles. The zero-order chi connectivity index (χ0) is 11.6. The Morgan fingerprint density at radius 1 is 0.625 bits per heavy atom. The topological polar surface area (TPSA) is 0 Å². The molecule has 0 aromatic heterocycles. The molecule has 0 spiro atoms. The van der Waals surface area contributed by atoms with Crippen molar-refractivity contribution in [2.24, 2.45) is 0 Å². The normalized spacial score (nSPS) is 11.4. The van der Waals surface area contributed by atoms with Crippen LogP contribution in [-0.4, -0.2) is 0 Å². The van der Waals surface area contributed by atoms with Crippen molar-refractivity contribution in [3.05, 3.63) is 60.2 Å². The summed E-state index contributed by atoms with van der Waals surface area (Å²) in [7, 11) is 0. The Morgan fingerprint density at radius 3 is 1.25 bits per heavy atom. The van der Waals surface area contributed by atoms with Crippen molar-refractivity contribution in [1.29, 1.82) is 0 Å². The maximum atomic E-state index is 2.22. The third-order valence-electron chi connectivity index (χ3n) is 2.86. The minimum Gasteiger partial charge on any atom is -0.0622 e. The molecular formula is C16H18. The summed E-state index contributed by atoms with van der Waals surface area (Å²) < 4.78 is 0. The van der Waals surface area contributed by atoms with Crippen LogP contribution >= 0.6 is 0 Å². The van der Waals surface area contributed by atoms with Crippen molar-refractivity contribution >= 4 is 0 Å². The highest BCUT2D eigenvalue weighted by Crippen LogP contribution is 2.29. The Hall–Kier alpha value is -1.56. The van der Waals surface area contributed by atoms with Gasteiger partial charge in [0.2, 0.25) is 0 Å². The van der Waals surface area contributed by atoms with E-state index in [1.165, 1.54) is 16.7 Å². The van der Waals surface area contributed by atoms with E-state index in [1.54, 1.807) is 0 Å². The number of fused-ring (bicyclic) bond motifs is 1. The molecule has 0 unspecified atom stereocenters. The first-order valence-electron chi connectivity index (χ1n) is 5.73. The highest BCUT2D eigenvalue weighted by molar-refractivity contribution is 5.75. The first-order valence-corrected chi connectivity index (χ1v) is 5.73. The maximum absolute atomic E-state index is 2.22. The zero-order valence-corrected chi connectivity index (χ0v) is 10.2. The van der Waals surface area contributed by atoms with Crippen LogP contribution in [0, 0.1) is 0 Å². The number of rotatable bonds is 0. The van der Waals surface area contributed by atoms with E-state index in [-0.39, 0.29) is 0 Å². The first-order chi connectivity index (χ1) is 7.57. The van der Waals surface area contributed by atoms with Gasteiger partial charge >= 0.3 is 0 Å². The Balaban J connectivity index is 0.000000134. The second-order valence-corrected chi connectivity index (χ2v) is 5.19. The lowest BCUT2D eigenvalue weighted by atomic mass is 9.87. The Morgan fingerprint density at radius 2 is 1.06 bits per heavy atom. The third-order valence-corrected chi connectivity index (χ3v) is 2.86. The molecule has 0 N–H and O–H groups in total. The number of hydrogen-bond acceptors (Lipinski definition) is 0. The van der Waals surface area contributed by atoms with Crippen LogP contribution < -0.4 is 0 Å². The van der Waals surface area contributed by atoms with Crippen molar-refractivity contribution < 1.29 is 0 Å². The lowest BCUT2D eigenvalue weighted by Crippen LogP contribution is -2.10. The van der Waals surface area contributed by atoms with Crippen LogP contribution in [0.25, 0.3) is 11.1 Å². The van der Waals surface area contributed by atoms with Crippen LogP contribution in [-0.2, 0) is 5.41 Å². The molecule has 0 saturated heterocycles. The largest absolute Gasteiger partial charge is 0.0622 e. The van der Waals surface area contributed by atoms with Crippen LogP contribution in [0.2, 0.25) is 0 Å². The highest BCUT2D eigenvalue weighted by Gasteiger charge is 2.11. The minimum atomic E-state index is 0.293. The Bertz CT molecular complexity index is 423. The van der Waals surface area contributed by atoms with Gasteiger partial charge in [0.05, 0.1) is 0 Å². The molecule has 3 rings (SSSR count). The molecule has 0 radical (unpaired) electrons. The van der Waals surface area contributed by atoms with Gasteiger partial charge in [-0.25, -0.2) is 0 Å². The van der Waals surface area contributed by atoms with Crippen LogP contribution in [0.15, 0.2) is 54.6 Å². The lowest BCUT2D eigenvalue weighted by Gasteiger charge is -2.18. The van der Waals surface area contributed by atoms with Crippen molar-refractivity contribution in [3.63, 3.8) is 0 Å². The molecule has 0 fully saturated rings. The average Bonchev–Trinajstić information content (AvgIpc) is 2.24. The molecule has 2 aliphatic rings. The summed E-state index contributed by atoms with van der Waals surface area (Å²) in [5.74, 6) is 0. The minimum absolute atomic E-state index is 0.293. The Kier molecular flexibility index (Phi) is 2.82. The smallest absolute Gasteiger partial charge is 0.0132 e. The fourth-order valence-corrected chi connectivity index (χ4v) is 1.60. The summed E-state index contributed by atoms with van der Waals surface area (Å²) in [5, 5.41) is 0. The molecule has 0 amide bonds. The predicted molar refractivity (Wildman–Crippen MR) is 70.6 cm³/mol. The summed E-state index contributed by atoms with van der Waals surface area (Å²) in [5.41, 5.74) is 4.54. The average molecular weight is 210 g/mol. The van der Waals surface area contributed by atoms with Crippen molar-refractivity contribution in [2.45, 2.75) is 26.2 Å². The van der Waals surface area contributed by atoms with Gasteiger partial charge in [-0.15, -0.1) is 0 Å². The summed E-state index contributed by atoms with van der Waals surface area (Å²) >= 11 is 0. The van der Waals surface area contributed by atoms with Gasteiger partial charge in [0.25, 0.3) is 0 Å². The van der Waals surface area contributed by atoms with E-state index >= 15 is 0 Å². The van der Waals surface area contributed by atoms with Crippen LogP contribution in [0.1, 0.15) is 26.3 Å². The third kappa shape index (κ3) is 2.33. The van der Waals surface area contributed by atoms with E-state index in [0.717, 1.165) is 0 Å². The first kappa shape index (κ1) is 10.9. The number of hydrogen-bond donors (Lipinski definition) is 0. The van der Waals surface area contributed by atoms with Gasteiger partial charge in [0, 0.05) is 0 Å². The summed E-state index contributed by atoms with van der Waals surface area (Å²) in [6, 6.07) is 19.0. The van der Waals surface area contributed by atoms with Crippen molar-refractivity contribution in [1.82, 2.24) is 0 Å². The molecule has 82 valence electrons. The van der Waals surface area contributed by atoms with Gasteiger partial charge in [0.15, 0.2) is 0 Å². The molecule has 0 bridgehead atoms. The van der Waals surface area contributed by atoms with E-state index in [0.29, 0.717) is 5.41 Å². The molecule has 16 heavy (non-hydrogen) atoms. The fourth-order valence-electron chi connectivity index (χ4n) is 1.60. The van der Waals surface area contributed by atoms with Gasteiger partial charge in [0.1, 0.15) is 0 Å². The fraction of sp³-hybridized carbons (Fsp3) is 0.250. The maximum Gasteiger partial charge on any atom is -0.0132 e. The lowest BCUT2D eigenvalue weighted by molar-refractivity contribution is 0.590. The van der Waals surface area contributed by atoms with Crippen molar-refractivity contribution in [3.8, 4) is 11.1 Å². The molecule has 1 aromatic carbocycles. The second kappa shape index (κ2) is 4.13.